The molecule has 1 aliphatic carbocycles. The third kappa shape index (κ3) is 2.16. The van der Waals surface area contributed by atoms with E-state index in [0.717, 1.165) is 31.5 Å². The summed E-state index contributed by atoms with van der Waals surface area (Å²) in [6, 6.07) is 0. The molecule has 0 fully saturated rings. The zero-order valence-corrected chi connectivity index (χ0v) is 10.3. The fourth-order valence-electron chi connectivity index (χ4n) is 2.30. The van der Waals surface area contributed by atoms with Crippen LogP contribution in [0.15, 0.2) is 18.9 Å². The summed E-state index contributed by atoms with van der Waals surface area (Å²) in [5.41, 5.74) is 2.86. The van der Waals surface area contributed by atoms with Crippen LogP contribution in [0.4, 0.5) is 0 Å². The topological polar surface area (TPSA) is 25.8 Å². The smallest absolute Gasteiger partial charge is 0.128 e. The number of nitrogens with zero attached hydrogens (tertiary/aromatic N) is 2. The van der Waals surface area contributed by atoms with E-state index in [0.29, 0.717) is 0 Å². The molecule has 0 amide bonds. The van der Waals surface area contributed by atoms with Crippen LogP contribution in [0, 0.1) is 0 Å². The number of fused-ring (bicyclic) bond motifs is 1. The Balaban J connectivity index is 2.15. The summed E-state index contributed by atoms with van der Waals surface area (Å²) in [7, 11) is 0. The Bertz CT molecular complexity index is 394. The number of allylic oxidation sites excluding steroid dienone is 1. The van der Waals surface area contributed by atoms with E-state index >= 15 is 0 Å². The zero-order valence-electron chi connectivity index (χ0n) is 10.3. The standard InChI is InChI=1S/C14H20N2/c1-4-5-6-7-12-15-10-11-8-9-14(2,3)13(11)16-12/h4,10H,1,5-9H2,2-3H3. The molecule has 0 radical (unpaired) electrons. The lowest BCUT2D eigenvalue weighted by Gasteiger charge is -2.17. The predicted octanol–water partition coefficient (Wildman–Crippen LogP) is 3.21. The Hall–Kier alpha value is -1.18. The average molecular weight is 216 g/mol. The molecule has 1 aromatic heterocycles. The van der Waals surface area contributed by atoms with Crippen molar-refractivity contribution < 1.29 is 0 Å². The highest BCUT2D eigenvalue weighted by Crippen LogP contribution is 2.36. The second-order valence-corrected chi connectivity index (χ2v) is 5.22. The van der Waals surface area contributed by atoms with Crippen molar-refractivity contribution in [2.24, 2.45) is 0 Å². The van der Waals surface area contributed by atoms with E-state index in [1.54, 1.807) is 0 Å². The van der Waals surface area contributed by atoms with E-state index in [-0.39, 0.29) is 5.41 Å². The molecule has 0 bridgehead atoms. The van der Waals surface area contributed by atoms with Crippen LogP contribution in [0.2, 0.25) is 0 Å². The van der Waals surface area contributed by atoms with Crippen LogP contribution in [0.3, 0.4) is 0 Å². The SMILES string of the molecule is C=CCCCc1ncc2c(n1)C(C)(C)CC2. The highest BCUT2D eigenvalue weighted by Gasteiger charge is 2.31. The van der Waals surface area contributed by atoms with E-state index in [9.17, 15) is 0 Å². The van der Waals surface area contributed by atoms with Crippen LogP contribution in [-0.2, 0) is 18.3 Å². The maximum absolute atomic E-state index is 4.73. The molecule has 0 unspecified atom stereocenters. The molecule has 0 aliphatic heterocycles. The van der Waals surface area contributed by atoms with E-state index in [4.69, 9.17) is 4.98 Å². The van der Waals surface area contributed by atoms with Gasteiger partial charge in [0.05, 0.1) is 5.69 Å². The molecule has 1 aliphatic rings. The van der Waals surface area contributed by atoms with Crippen molar-refractivity contribution in [3.8, 4) is 0 Å². The highest BCUT2D eigenvalue weighted by atomic mass is 14.9. The summed E-state index contributed by atoms with van der Waals surface area (Å²) in [6.45, 7) is 8.29. The molecule has 0 aromatic carbocycles. The van der Waals surface area contributed by atoms with E-state index in [2.05, 4.69) is 25.4 Å². The minimum Gasteiger partial charge on any atom is -0.241 e. The maximum Gasteiger partial charge on any atom is 0.128 e. The van der Waals surface area contributed by atoms with Crippen LogP contribution >= 0.6 is 0 Å². The quantitative estimate of drug-likeness (QED) is 0.570. The first-order valence-corrected chi connectivity index (χ1v) is 6.09. The van der Waals surface area contributed by atoms with Gasteiger partial charge in [0.25, 0.3) is 0 Å². The number of hydrogen-bond acceptors (Lipinski definition) is 2. The fourth-order valence-corrected chi connectivity index (χ4v) is 2.30. The Labute approximate surface area is 97.8 Å². The Morgan fingerprint density at radius 3 is 3.06 bits per heavy atom. The molecule has 16 heavy (non-hydrogen) atoms. The van der Waals surface area contributed by atoms with Gasteiger partial charge in [0.1, 0.15) is 5.82 Å². The van der Waals surface area contributed by atoms with Crippen LogP contribution in [-0.4, -0.2) is 9.97 Å². The van der Waals surface area contributed by atoms with E-state index < -0.39 is 0 Å². The normalized spacial score (nSPS) is 17.1. The van der Waals surface area contributed by atoms with E-state index in [1.807, 2.05) is 12.3 Å². The minimum absolute atomic E-state index is 0.242. The first-order chi connectivity index (χ1) is 7.63. The molecular formula is C14H20N2. The van der Waals surface area contributed by atoms with Gasteiger partial charge in [0.15, 0.2) is 0 Å². The predicted molar refractivity (Wildman–Crippen MR) is 66.5 cm³/mol. The van der Waals surface area contributed by atoms with Gasteiger partial charge in [-0.1, -0.05) is 19.9 Å². The Morgan fingerprint density at radius 1 is 1.50 bits per heavy atom. The van der Waals surface area contributed by atoms with Gasteiger partial charge in [-0.05, 0) is 31.2 Å². The van der Waals surface area contributed by atoms with Gasteiger partial charge in [-0.3, -0.25) is 0 Å². The Kier molecular flexibility index (Phi) is 3.08. The molecule has 86 valence electrons. The minimum atomic E-state index is 0.242. The van der Waals surface area contributed by atoms with Crippen molar-refractivity contribution in [2.45, 2.75) is 51.4 Å². The molecular weight excluding hydrogens is 196 g/mol. The molecule has 0 saturated heterocycles. The summed E-state index contributed by atoms with van der Waals surface area (Å²) < 4.78 is 0. The zero-order chi connectivity index (χ0) is 11.6. The van der Waals surface area contributed by atoms with Gasteiger partial charge in [0.2, 0.25) is 0 Å². The molecule has 2 nitrogen and oxygen atoms in total. The third-order valence-corrected chi connectivity index (χ3v) is 3.38. The van der Waals surface area contributed by atoms with Crippen molar-refractivity contribution in [3.63, 3.8) is 0 Å². The summed E-state index contributed by atoms with van der Waals surface area (Å²) in [5, 5.41) is 0. The van der Waals surface area contributed by atoms with Gasteiger partial charge in [0, 0.05) is 18.0 Å². The lowest BCUT2D eigenvalue weighted by molar-refractivity contribution is 0.506. The second-order valence-electron chi connectivity index (χ2n) is 5.22. The average Bonchev–Trinajstić information content (AvgIpc) is 2.56. The molecule has 2 rings (SSSR count). The number of rotatable bonds is 4. The van der Waals surface area contributed by atoms with Crippen LogP contribution < -0.4 is 0 Å². The molecule has 0 saturated carbocycles. The summed E-state index contributed by atoms with van der Waals surface area (Å²) >= 11 is 0. The lowest BCUT2D eigenvalue weighted by atomic mass is 9.91. The van der Waals surface area contributed by atoms with Crippen molar-refractivity contribution in [2.75, 3.05) is 0 Å². The molecule has 0 N–H and O–H groups in total. The van der Waals surface area contributed by atoms with Gasteiger partial charge in [-0.2, -0.15) is 0 Å². The van der Waals surface area contributed by atoms with Gasteiger partial charge < -0.3 is 0 Å². The monoisotopic (exact) mass is 216 g/mol. The van der Waals surface area contributed by atoms with Crippen molar-refractivity contribution >= 4 is 0 Å². The van der Waals surface area contributed by atoms with Crippen LogP contribution in [0.25, 0.3) is 0 Å². The summed E-state index contributed by atoms with van der Waals surface area (Å²) in [6.07, 6.45) is 9.43. The molecule has 2 heteroatoms. The maximum atomic E-state index is 4.73. The fraction of sp³-hybridized carbons (Fsp3) is 0.571. The van der Waals surface area contributed by atoms with Crippen molar-refractivity contribution in [1.82, 2.24) is 9.97 Å². The molecule has 1 aromatic rings. The van der Waals surface area contributed by atoms with Gasteiger partial charge in [-0.15, -0.1) is 6.58 Å². The largest absolute Gasteiger partial charge is 0.241 e. The third-order valence-electron chi connectivity index (χ3n) is 3.38. The number of aromatic nitrogens is 2. The van der Waals surface area contributed by atoms with Gasteiger partial charge >= 0.3 is 0 Å². The molecule has 0 spiro atoms. The molecule has 0 atom stereocenters. The highest BCUT2D eigenvalue weighted by molar-refractivity contribution is 5.30. The number of hydrogen-bond donors (Lipinski definition) is 0. The number of aryl methyl sites for hydroxylation is 2. The summed E-state index contributed by atoms with van der Waals surface area (Å²) in [5.74, 6) is 0.996. The van der Waals surface area contributed by atoms with Crippen molar-refractivity contribution in [1.29, 1.82) is 0 Å². The van der Waals surface area contributed by atoms with E-state index in [1.165, 1.54) is 17.7 Å². The first kappa shape index (κ1) is 11.3. The van der Waals surface area contributed by atoms with Crippen LogP contribution in [0.5, 0.6) is 0 Å². The first-order valence-electron chi connectivity index (χ1n) is 6.09. The molecule has 1 heterocycles. The lowest BCUT2D eigenvalue weighted by Crippen LogP contribution is -2.15. The summed E-state index contributed by atoms with van der Waals surface area (Å²) in [4.78, 5) is 9.17. The van der Waals surface area contributed by atoms with Crippen molar-refractivity contribution in [3.05, 3.63) is 35.9 Å². The van der Waals surface area contributed by atoms with Gasteiger partial charge in [-0.25, -0.2) is 9.97 Å². The Morgan fingerprint density at radius 2 is 2.31 bits per heavy atom. The van der Waals surface area contributed by atoms with Crippen LogP contribution in [0.1, 0.15) is 50.2 Å². The second kappa shape index (κ2) is 4.36. The number of unbranched alkanes of at least 4 members (excludes halogenated alkanes) is 1.